The summed E-state index contributed by atoms with van der Waals surface area (Å²) in [6, 6.07) is 0. The highest BCUT2D eigenvalue weighted by Crippen LogP contribution is 2.05. The van der Waals surface area contributed by atoms with Gasteiger partial charge in [-0.1, -0.05) is 20.3 Å². The van der Waals surface area contributed by atoms with Crippen molar-refractivity contribution in [3.05, 3.63) is 0 Å². The van der Waals surface area contributed by atoms with Crippen LogP contribution < -0.4 is 0 Å². The second-order valence-corrected chi connectivity index (χ2v) is 6.26. The number of hydrogen-bond acceptors (Lipinski definition) is 7. The van der Waals surface area contributed by atoms with Gasteiger partial charge in [0.2, 0.25) is 0 Å². The van der Waals surface area contributed by atoms with Gasteiger partial charge < -0.3 is 19.3 Å². The van der Waals surface area contributed by atoms with Gasteiger partial charge in [-0.3, -0.25) is 14.4 Å². The van der Waals surface area contributed by atoms with Gasteiger partial charge in [-0.05, 0) is 38.5 Å². The fourth-order valence-electron chi connectivity index (χ4n) is 2.04. The van der Waals surface area contributed by atoms with Crippen molar-refractivity contribution in [2.24, 2.45) is 5.92 Å². The minimum absolute atomic E-state index is 0.0783. The number of ether oxygens (including phenoxy) is 3. The summed E-state index contributed by atoms with van der Waals surface area (Å²) in [4.78, 5) is 34.4. The van der Waals surface area contributed by atoms with Gasteiger partial charge in [-0.25, -0.2) is 0 Å². The standard InChI is InChI=1S/C19H34O7/c1-3-16(2)19(23)26-15-14-25-18(22)11-7-5-9-13-24-17(21)10-6-4-8-12-20/h16,20H,3-15H2,1-2H3. The molecule has 0 aliphatic heterocycles. The van der Waals surface area contributed by atoms with Crippen LogP contribution in [0.25, 0.3) is 0 Å². The summed E-state index contributed by atoms with van der Waals surface area (Å²) in [6.07, 6.45) is 5.82. The van der Waals surface area contributed by atoms with Crippen LogP contribution in [-0.2, 0) is 28.6 Å². The Balaban J connectivity index is 3.43. The van der Waals surface area contributed by atoms with Crippen LogP contribution in [0, 0.1) is 5.92 Å². The molecule has 0 heterocycles. The third-order valence-corrected chi connectivity index (χ3v) is 3.93. The first kappa shape index (κ1) is 24.4. The number of unbranched alkanes of at least 4 members (excludes halogenated alkanes) is 4. The highest BCUT2D eigenvalue weighted by molar-refractivity contribution is 5.72. The van der Waals surface area contributed by atoms with Gasteiger partial charge >= 0.3 is 17.9 Å². The lowest BCUT2D eigenvalue weighted by atomic mass is 10.1. The fraction of sp³-hybridized carbons (Fsp3) is 0.842. The molecule has 0 aliphatic carbocycles. The second kappa shape index (κ2) is 16.8. The molecule has 0 aromatic carbocycles. The van der Waals surface area contributed by atoms with Gasteiger partial charge in [0.05, 0.1) is 12.5 Å². The number of esters is 3. The minimum Gasteiger partial charge on any atom is -0.466 e. The van der Waals surface area contributed by atoms with E-state index in [9.17, 15) is 14.4 Å². The second-order valence-electron chi connectivity index (χ2n) is 6.26. The van der Waals surface area contributed by atoms with Crippen molar-refractivity contribution in [2.45, 2.75) is 71.6 Å². The maximum absolute atomic E-state index is 11.5. The number of hydrogen-bond donors (Lipinski definition) is 1. The zero-order valence-electron chi connectivity index (χ0n) is 16.2. The smallest absolute Gasteiger partial charge is 0.308 e. The van der Waals surface area contributed by atoms with Crippen molar-refractivity contribution in [3.8, 4) is 0 Å². The third kappa shape index (κ3) is 14.7. The van der Waals surface area contributed by atoms with Gasteiger partial charge in [-0.15, -0.1) is 0 Å². The van der Waals surface area contributed by atoms with Crippen molar-refractivity contribution >= 4 is 17.9 Å². The number of aliphatic hydroxyl groups excluding tert-OH is 1. The highest BCUT2D eigenvalue weighted by Gasteiger charge is 2.12. The Morgan fingerprint density at radius 2 is 1.31 bits per heavy atom. The van der Waals surface area contributed by atoms with E-state index >= 15 is 0 Å². The van der Waals surface area contributed by atoms with E-state index in [1.807, 2.05) is 6.92 Å². The number of rotatable bonds is 16. The Morgan fingerprint density at radius 1 is 0.769 bits per heavy atom. The van der Waals surface area contributed by atoms with Gasteiger partial charge in [-0.2, -0.15) is 0 Å². The highest BCUT2D eigenvalue weighted by atomic mass is 16.6. The Kier molecular flexibility index (Phi) is 15.8. The molecule has 26 heavy (non-hydrogen) atoms. The van der Waals surface area contributed by atoms with Crippen LogP contribution in [0.5, 0.6) is 0 Å². The molecule has 0 amide bonds. The van der Waals surface area contributed by atoms with Crippen LogP contribution >= 0.6 is 0 Å². The third-order valence-electron chi connectivity index (χ3n) is 3.93. The zero-order chi connectivity index (χ0) is 19.6. The summed E-state index contributed by atoms with van der Waals surface area (Å²) in [6.45, 7) is 4.38. The summed E-state index contributed by atoms with van der Waals surface area (Å²) in [5.41, 5.74) is 0. The van der Waals surface area contributed by atoms with Gasteiger partial charge in [0.25, 0.3) is 0 Å². The predicted molar refractivity (Wildman–Crippen MR) is 96.4 cm³/mol. The molecule has 1 atom stereocenters. The van der Waals surface area contributed by atoms with E-state index in [2.05, 4.69) is 0 Å². The van der Waals surface area contributed by atoms with Gasteiger partial charge in [0.1, 0.15) is 13.2 Å². The summed E-state index contributed by atoms with van der Waals surface area (Å²) in [5.74, 6) is -0.938. The van der Waals surface area contributed by atoms with E-state index in [1.54, 1.807) is 6.92 Å². The van der Waals surface area contributed by atoms with Crippen molar-refractivity contribution in [2.75, 3.05) is 26.4 Å². The Bertz CT molecular complexity index is 395. The van der Waals surface area contributed by atoms with E-state index in [1.165, 1.54) is 0 Å². The molecule has 0 saturated heterocycles. The first-order valence-electron chi connectivity index (χ1n) is 9.60. The van der Waals surface area contributed by atoms with Gasteiger partial charge in [0, 0.05) is 19.4 Å². The largest absolute Gasteiger partial charge is 0.466 e. The lowest BCUT2D eigenvalue weighted by molar-refractivity contribution is -0.154. The molecule has 1 N–H and O–H groups in total. The SMILES string of the molecule is CCC(C)C(=O)OCCOC(=O)CCCCCOC(=O)CCCCCO. The topological polar surface area (TPSA) is 99.1 Å². The number of carbonyl (C=O) groups excluding carboxylic acids is 3. The zero-order valence-corrected chi connectivity index (χ0v) is 16.2. The first-order valence-corrected chi connectivity index (χ1v) is 9.60. The summed E-state index contributed by atoms with van der Waals surface area (Å²) < 4.78 is 15.1. The average Bonchev–Trinajstić information content (AvgIpc) is 2.64. The van der Waals surface area contributed by atoms with E-state index in [4.69, 9.17) is 19.3 Å². The van der Waals surface area contributed by atoms with E-state index in [0.717, 1.165) is 25.7 Å². The van der Waals surface area contributed by atoms with Crippen molar-refractivity contribution in [3.63, 3.8) is 0 Å². The predicted octanol–water partition coefficient (Wildman–Crippen LogP) is 2.78. The molecule has 152 valence electrons. The molecule has 0 saturated carbocycles. The Morgan fingerprint density at radius 3 is 1.88 bits per heavy atom. The Hall–Kier alpha value is -1.63. The van der Waals surface area contributed by atoms with Crippen molar-refractivity contribution in [1.29, 1.82) is 0 Å². The normalized spacial score (nSPS) is 11.7. The molecule has 0 bridgehead atoms. The molecule has 0 aliphatic rings. The number of aliphatic hydroxyl groups is 1. The quantitative estimate of drug-likeness (QED) is 0.252. The average molecular weight is 374 g/mol. The molecule has 0 radical (unpaired) electrons. The van der Waals surface area contributed by atoms with Crippen LogP contribution in [0.4, 0.5) is 0 Å². The maximum atomic E-state index is 11.5. The van der Waals surface area contributed by atoms with Gasteiger partial charge in [0.15, 0.2) is 0 Å². The molecule has 1 unspecified atom stereocenters. The molecule has 7 nitrogen and oxygen atoms in total. The molecular weight excluding hydrogens is 340 g/mol. The van der Waals surface area contributed by atoms with Crippen LogP contribution in [0.2, 0.25) is 0 Å². The molecular formula is C19H34O7. The summed E-state index contributed by atoms with van der Waals surface area (Å²) in [7, 11) is 0. The maximum Gasteiger partial charge on any atom is 0.308 e. The van der Waals surface area contributed by atoms with E-state index in [-0.39, 0.29) is 43.6 Å². The van der Waals surface area contributed by atoms with E-state index in [0.29, 0.717) is 38.7 Å². The molecule has 0 aromatic heterocycles. The van der Waals surface area contributed by atoms with Crippen molar-refractivity contribution in [1.82, 2.24) is 0 Å². The summed E-state index contributed by atoms with van der Waals surface area (Å²) >= 11 is 0. The van der Waals surface area contributed by atoms with Crippen molar-refractivity contribution < 1.29 is 33.7 Å². The fourth-order valence-corrected chi connectivity index (χ4v) is 2.04. The van der Waals surface area contributed by atoms with Crippen LogP contribution in [-0.4, -0.2) is 49.4 Å². The summed E-state index contributed by atoms with van der Waals surface area (Å²) in [5, 5.41) is 8.64. The van der Waals surface area contributed by atoms with Crippen LogP contribution in [0.15, 0.2) is 0 Å². The molecule has 0 aromatic rings. The lowest BCUT2D eigenvalue weighted by Crippen LogP contribution is -2.18. The van der Waals surface area contributed by atoms with E-state index < -0.39 is 0 Å². The minimum atomic E-state index is -0.314. The lowest BCUT2D eigenvalue weighted by Gasteiger charge is -2.09. The monoisotopic (exact) mass is 374 g/mol. The molecule has 0 rings (SSSR count). The Labute approximate surface area is 156 Å². The first-order chi connectivity index (χ1) is 12.5. The number of carbonyl (C=O) groups is 3. The molecule has 0 fully saturated rings. The molecule has 0 spiro atoms. The molecule has 7 heteroatoms. The van der Waals surface area contributed by atoms with Crippen LogP contribution in [0.1, 0.15) is 71.6 Å². The van der Waals surface area contributed by atoms with Crippen LogP contribution in [0.3, 0.4) is 0 Å².